The van der Waals surface area contributed by atoms with E-state index in [9.17, 15) is 4.79 Å². The molecule has 0 saturated carbocycles. The maximum atomic E-state index is 11.7. The Morgan fingerprint density at radius 3 is 2.72 bits per heavy atom. The number of rotatable bonds is 6. The quantitative estimate of drug-likeness (QED) is 0.482. The minimum absolute atomic E-state index is 0.0453. The van der Waals surface area contributed by atoms with Crippen molar-refractivity contribution in [3.63, 3.8) is 0 Å². The first-order valence-corrected chi connectivity index (χ1v) is 10.6. The van der Waals surface area contributed by atoms with E-state index in [1.807, 2.05) is 60.7 Å². The fourth-order valence-electron chi connectivity index (χ4n) is 3.76. The highest BCUT2D eigenvalue weighted by Gasteiger charge is 2.24. The van der Waals surface area contributed by atoms with Gasteiger partial charge in [-0.25, -0.2) is 10.4 Å². The number of carbonyl (C=O) groups excluding carboxylic acids is 1. The Kier molecular flexibility index (Phi) is 5.37. The van der Waals surface area contributed by atoms with E-state index < -0.39 is 0 Å². The number of oxazole rings is 1. The maximum Gasteiger partial charge on any atom is 0.240 e. The number of hydrogen-bond acceptors (Lipinski definition) is 6. The van der Waals surface area contributed by atoms with Gasteiger partial charge in [-0.05, 0) is 55.0 Å². The van der Waals surface area contributed by atoms with E-state index in [1.165, 1.54) is 0 Å². The number of amides is 1. The Labute approximate surface area is 185 Å². The number of nitrogens with zero attached hydrogens (tertiary/aromatic N) is 3. The van der Waals surface area contributed by atoms with Crippen LogP contribution in [0.1, 0.15) is 31.0 Å². The number of hydrogen-bond donors (Lipinski definition) is 1. The molecule has 2 aromatic carbocycles. The van der Waals surface area contributed by atoms with Crippen molar-refractivity contribution in [2.75, 3.05) is 0 Å². The summed E-state index contributed by atoms with van der Waals surface area (Å²) in [5.41, 5.74) is 7.59. The highest BCUT2D eigenvalue weighted by molar-refractivity contribution is 6.07. The van der Waals surface area contributed by atoms with Gasteiger partial charge in [0.25, 0.3) is 0 Å². The molecule has 0 spiro atoms. The zero-order chi connectivity index (χ0) is 21.9. The van der Waals surface area contributed by atoms with Crippen molar-refractivity contribution in [1.29, 1.82) is 0 Å². The van der Waals surface area contributed by atoms with E-state index in [0.717, 1.165) is 40.2 Å². The molecule has 7 nitrogen and oxygen atoms in total. The van der Waals surface area contributed by atoms with Crippen LogP contribution in [0.5, 0.6) is 5.75 Å². The molecule has 0 aliphatic carbocycles. The molecule has 2 aromatic heterocycles. The van der Waals surface area contributed by atoms with E-state index in [0.29, 0.717) is 24.5 Å². The molecule has 32 heavy (non-hydrogen) atoms. The van der Waals surface area contributed by atoms with Crippen LogP contribution >= 0.6 is 0 Å². The summed E-state index contributed by atoms with van der Waals surface area (Å²) in [6, 6.07) is 19.2. The SMILES string of the molecule is CCC1CC(=O)NN=C1c1ccc2nc(-c3ccc(OCc4ccccn4)cc3)oc2c1. The number of carbonyl (C=O) groups is 1. The lowest BCUT2D eigenvalue weighted by Gasteiger charge is -2.21. The molecular weight excluding hydrogens is 404 g/mol. The molecule has 5 rings (SSSR count). The number of fused-ring (bicyclic) bond motifs is 1. The summed E-state index contributed by atoms with van der Waals surface area (Å²) in [7, 11) is 0. The lowest BCUT2D eigenvalue weighted by Crippen LogP contribution is -2.33. The average molecular weight is 426 g/mol. The van der Waals surface area contributed by atoms with Crippen LogP contribution < -0.4 is 10.2 Å². The number of aromatic nitrogens is 2. The van der Waals surface area contributed by atoms with E-state index in [4.69, 9.17) is 9.15 Å². The van der Waals surface area contributed by atoms with Crippen LogP contribution in [-0.2, 0) is 11.4 Å². The Morgan fingerprint density at radius 2 is 1.94 bits per heavy atom. The molecule has 0 fully saturated rings. The van der Waals surface area contributed by atoms with Crippen molar-refractivity contribution in [2.45, 2.75) is 26.4 Å². The molecule has 1 atom stereocenters. The first-order valence-electron chi connectivity index (χ1n) is 10.6. The first kappa shape index (κ1) is 19.9. The number of pyridine rings is 1. The fourth-order valence-corrected chi connectivity index (χ4v) is 3.76. The molecule has 160 valence electrons. The number of nitrogens with one attached hydrogen (secondary N) is 1. The average Bonchev–Trinajstić information content (AvgIpc) is 3.27. The largest absolute Gasteiger partial charge is 0.487 e. The zero-order valence-electron chi connectivity index (χ0n) is 17.6. The minimum Gasteiger partial charge on any atom is -0.487 e. The summed E-state index contributed by atoms with van der Waals surface area (Å²) in [5, 5.41) is 4.29. The molecule has 0 bridgehead atoms. The van der Waals surface area contributed by atoms with Crippen molar-refractivity contribution < 1.29 is 13.9 Å². The van der Waals surface area contributed by atoms with E-state index in [2.05, 4.69) is 27.4 Å². The third-order valence-electron chi connectivity index (χ3n) is 5.51. The lowest BCUT2D eigenvalue weighted by molar-refractivity contribution is -0.122. The van der Waals surface area contributed by atoms with Crippen molar-refractivity contribution >= 4 is 22.7 Å². The second-order valence-corrected chi connectivity index (χ2v) is 7.68. The van der Waals surface area contributed by atoms with Crippen LogP contribution in [0.25, 0.3) is 22.6 Å². The van der Waals surface area contributed by atoms with Crippen LogP contribution in [0.15, 0.2) is 76.4 Å². The topological polar surface area (TPSA) is 89.6 Å². The van der Waals surface area contributed by atoms with Crippen LogP contribution in [0.2, 0.25) is 0 Å². The third-order valence-corrected chi connectivity index (χ3v) is 5.51. The highest BCUT2D eigenvalue weighted by atomic mass is 16.5. The normalized spacial score (nSPS) is 16.0. The second kappa shape index (κ2) is 8.63. The Morgan fingerprint density at radius 1 is 1.09 bits per heavy atom. The van der Waals surface area contributed by atoms with E-state index >= 15 is 0 Å². The smallest absolute Gasteiger partial charge is 0.240 e. The van der Waals surface area contributed by atoms with Crippen molar-refractivity contribution in [1.82, 2.24) is 15.4 Å². The molecule has 1 aliphatic heterocycles. The van der Waals surface area contributed by atoms with Gasteiger partial charge in [-0.2, -0.15) is 5.10 Å². The first-order chi connectivity index (χ1) is 15.7. The molecule has 1 amide bonds. The van der Waals surface area contributed by atoms with Gasteiger partial charge >= 0.3 is 0 Å². The molecule has 0 saturated heterocycles. The summed E-state index contributed by atoms with van der Waals surface area (Å²) >= 11 is 0. The molecule has 3 heterocycles. The maximum absolute atomic E-state index is 11.7. The molecule has 1 unspecified atom stereocenters. The minimum atomic E-state index is -0.0453. The predicted octanol–water partition coefficient (Wildman–Crippen LogP) is 4.72. The molecule has 1 N–H and O–H groups in total. The summed E-state index contributed by atoms with van der Waals surface area (Å²) in [6.07, 6.45) is 3.05. The Bertz CT molecular complexity index is 1280. The number of benzene rings is 2. The summed E-state index contributed by atoms with van der Waals surface area (Å²) in [6.45, 7) is 2.47. The predicted molar refractivity (Wildman–Crippen MR) is 121 cm³/mol. The highest BCUT2D eigenvalue weighted by Crippen LogP contribution is 2.28. The molecule has 1 aliphatic rings. The van der Waals surface area contributed by atoms with Gasteiger partial charge in [0.15, 0.2) is 5.58 Å². The fraction of sp³-hybridized carbons (Fsp3) is 0.200. The third kappa shape index (κ3) is 4.09. The van der Waals surface area contributed by atoms with Gasteiger partial charge in [0.2, 0.25) is 11.8 Å². The van der Waals surface area contributed by atoms with Crippen LogP contribution in [-0.4, -0.2) is 21.6 Å². The van der Waals surface area contributed by atoms with E-state index in [-0.39, 0.29) is 11.8 Å². The van der Waals surface area contributed by atoms with Crippen LogP contribution in [0.3, 0.4) is 0 Å². The summed E-state index contributed by atoms with van der Waals surface area (Å²) < 4.78 is 11.8. The molecule has 0 radical (unpaired) electrons. The van der Waals surface area contributed by atoms with Crippen LogP contribution in [0.4, 0.5) is 0 Å². The van der Waals surface area contributed by atoms with Crippen molar-refractivity contribution in [3.05, 3.63) is 78.1 Å². The zero-order valence-corrected chi connectivity index (χ0v) is 17.6. The van der Waals surface area contributed by atoms with Gasteiger partial charge < -0.3 is 9.15 Å². The van der Waals surface area contributed by atoms with Gasteiger partial charge in [0.05, 0.1) is 11.4 Å². The lowest BCUT2D eigenvalue weighted by atomic mass is 9.90. The van der Waals surface area contributed by atoms with Gasteiger partial charge in [0.1, 0.15) is 17.9 Å². The molecule has 7 heteroatoms. The van der Waals surface area contributed by atoms with Gasteiger partial charge in [-0.1, -0.05) is 19.1 Å². The molecular formula is C25H22N4O3. The van der Waals surface area contributed by atoms with Gasteiger partial charge in [-0.3, -0.25) is 9.78 Å². The molecule has 4 aromatic rings. The summed E-state index contributed by atoms with van der Waals surface area (Å²) in [4.78, 5) is 20.5. The monoisotopic (exact) mass is 426 g/mol. The van der Waals surface area contributed by atoms with E-state index in [1.54, 1.807) is 6.20 Å². The number of hydrazone groups is 1. The Hall–Kier alpha value is -4.00. The van der Waals surface area contributed by atoms with Gasteiger partial charge in [0, 0.05) is 29.7 Å². The van der Waals surface area contributed by atoms with Crippen molar-refractivity contribution in [3.8, 4) is 17.2 Å². The van der Waals surface area contributed by atoms with Crippen LogP contribution in [0, 0.1) is 5.92 Å². The Balaban J connectivity index is 1.35. The summed E-state index contributed by atoms with van der Waals surface area (Å²) in [5.74, 6) is 1.35. The number of ether oxygens (including phenoxy) is 1. The van der Waals surface area contributed by atoms with Crippen molar-refractivity contribution in [2.24, 2.45) is 11.0 Å². The second-order valence-electron chi connectivity index (χ2n) is 7.68. The van der Waals surface area contributed by atoms with Gasteiger partial charge in [-0.15, -0.1) is 0 Å². The standard InChI is InChI=1S/C25H22N4O3/c1-2-16-14-23(30)28-29-24(16)18-8-11-21-22(13-18)32-25(27-21)17-6-9-20(10-7-17)31-15-19-5-3-4-12-26-19/h3-13,16H,2,14-15H2,1H3,(H,28,30).